The average Bonchev–Trinajstić information content (AvgIpc) is 2.80. The van der Waals surface area contributed by atoms with E-state index in [9.17, 15) is 9.59 Å². The Bertz CT molecular complexity index is 795. The monoisotopic (exact) mass is 462 g/mol. The number of ether oxygens (including phenoxy) is 3. The Morgan fingerprint density at radius 2 is 2.03 bits per heavy atom. The maximum atomic E-state index is 12.1. The molecule has 0 fully saturated rings. The van der Waals surface area contributed by atoms with Crippen LogP contribution < -0.4 is 20.7 Å². The number of benzene rings is 1. The van der Waals surface area contributed by atoms with Crippen LogP contribution in [0.3, 0.4) is 0 Å². The van der Waals surface area contributed by atoms with Crippen LogP contribution in [0.2, 0.25) is 0 Å². The van der Waals surface area contributed by atoms with Crippen LogP contribution in [-0.2, 0) is 14.3 Å². The highest BCUT2D eigenvalue weighted by molar-refractivity contribution is 5.94. The number of rotatable bonds is 17. The Morgan fingerprint density at radius 1 is 1.21 bits per heavy atom. The van der Waals surface area contributed by atoms with Gasteiger partial charge in [0, 0.05) is 30.1 Å². The molecule has 2 amide bonds. The van der Waals surface area contributed by atoms with E-state index in [2.05, 4.69) is 39.8 Å². The third-order valence-electron chi connectivity index (χ3n) is 4.04. The first-order valence-electron chi connectivity index (χ1n) is 10.8. The minimum Gasteiger partial charge on any atom is -0.491 e. The number of allylic oxidation sites excluding steroid dienone is 1. The molecule has 33 heavy (non-hydrogen) atoms. The first-order valence-corrected chi connectivity index (χ1v) is 10.8. The molecule has 0 heterocycles. The molecule has 0 aliphatic carbocycles. The lowest BCUT2D eigenvalue weighted by Crippen LogP contribution is -2.30. The second kappa shape index (κ2) is 17.4. The summed E-state index contributed by atoms with van der Waals surface area (Å²) in [4.78, 5) is 26.6. The van der Waals surface area contributed by atoms with Crippen molar-refractivity contribution in [3.63, 3.8) is 0 Å². The lowest BCUT2D eigenvalue weighted by molar-refractivity contribution is -0.126. The molecule has 1 rings (SSSR count). The van der Waals surface area contributed by atoms with E-state index >= 15 is 0 Å². The lowest BCUT2D eigenvalue weighted by Gasteiger charge is -2.14. The molecule has 1 aromatic carbocycles. The van der Waals surface area contributed by atoms with Crippen LogP contribution in [-0.4, -0.2) is 71.2 Å². The van der Waals surface area contributed by atoms with Crippen LogP contribution in [0.25, 0.3) is 10.4 Å². The SMILES string of the molecule is CNCCNC(=O)c1cccc(OCC(N=[N+]=[N-])OCCOCC(=O)NC/C=C/C(C)C)c1. The number of hydrogen-bond donors (Lipinski definition) is 3. The summed E-state index contributed by atoms with van der Waals surface area (Å²) in [6.45, 7) is 5.85. The number of hydrogen-bond acceptors (Lipinski definition) is 7. The van der Waals surface area contributed by atoms with Crippen molar-refractivity contribution in [1.82, 2.24) is 16.0 Å². The molecule has 11 heteroatoms. The summed E-state index contributed by atoms with van der Waals surface area (Å²) in [6, 6.07) is 6.66. The van der Waals surface area contributed by atoms with Gasteiger partial charge >= 0.3 is 0 Å². The topological polar surface area (TPSA) is 147 Å². The summed E-state index contributed by atoms with van der Waals surface area (Å²) < 4.78 is 16.3. The highest BCUT2D eigenvalue weighted by Gasteiger charge is 2.10. The zero-order valence-corrected chi connectivity index (χ0v) is 19.5. The van der Waals surface area contributed by atoms with Gasteiger partial charge in [-0.15, -0.1) is 0 Å². The van der Waals surface area contributed by atoms with Gasteiger partial charge in [-0.3, -0.25) is 9.59 Å². The van der Waals surface area contributed by atoms with Gasteiger partial charge < -0.3 is 30.2 Å². The van der Waals surface area contributed by atoms with Gasteiger partial charge in [0.2, 0.25) is 5.91 Å². The Balaban J connectivity index is 2.34. The van der Waals surface area contributed by atoms with Gasteiger partial charge in [-0.2, -0.15) is 0 Å². The van der Waals surface area contributed by atoms with E-state index in [1.54, 1.807) is 31.3 Å². The third-order valence-corrected chi connectivity index (χ3v) is 4.04. The second-order valence-electron chi connectivity index (χ2n) is 7.26. The Hall–Kier alpha value is -3.11. The van der Waals surface area contributed by atoms with Gasteiger partial charge in [-0.25, -0.2) is 0 Å². The largest absolute Gasteiger partial charge is 0.491 e. The molecule has 1 atom stereocenters. The van der Waals surface area contributed by atoms with Crippen molar-refractivity contribution in [1.29, 1.82) is 0 Å². The number of carbonyl (C=O) groups is 2. The van der Waals surface area contributed by atoms with Gasteiger partial charge in [0.25, 0.3) is 5.91 Å². The number of nitrogens with zero attached hydrogens (tertiary/aromatic N) is 3. The first kappa shape index (κ1) is 27.9. The van der Waals surface area contributed by atoms with E-state index < -0.39 is 6.23 Å². The Labute approximate surface area is 194 Å². The summed E-state index contributed by atoms with van der Waals surface area (Å²) >= 11 is 0. The molecule has 0 saturated carbocycles. The summed E-state index contributed by atoms with van der Waals surface area (Å²) in [5.41, 5.74) is 9.20. The Kier molecular flexibility index (Phi) is 14.8. The molecule has 0 saturated heterocycles. The summed E-state index contributed by atoms with van der Waals surface area (Å²) in [5, 5.41) is 12.0. The normalized spacial score (nSPS) is 11.8. The highest BCUT2D eigenvalue weighted by atomic mass is 16.6. The van der Waals surface area contributed by atoms with E-state index in [1.165, 1.54) is 0 Å². The average molecular weight is 463 g/mol. The number of carbonyl (C=O) groups excluding carboxylic acids is 2. The van der Waals surface area contributed by atoms with Gasteiger partial charge in [0.1, 0.15) is 19.0 Å². The predicted octanol–water partition coefficient (Wildman–Crippen LogP) is 2.01. The molecular weight excluding hydrogens is 428 g/mol. The van der Waals surface area contributed by atoms with Crippen molar-refractivity contribution < 1.29 is 23.8 Å². The van der Waals surface area contributed by atoms with Crippen molar-refractivity contribution in [2.24, 2.45) is 11.0 Å². The van der Waals surface area contributed by atoms with Crippen molar-refractivity contribution in [2.45, 2.75) is 20.1 Å². The van der Waals surface area contributed by atoms with Crippen LogP contribution in [0, 0.1) is 5.92 Å². The second-order valence-corrected chi connectivity index (χ2v) is 7.26. The fraction of sp³-hybridized carbons (Fsp3) is 0.545. The van der Waals surface area contributed by atoms with Crippen LogP contribution in [0.1, 0.15) is 24.2 Å². The maximum Gasteiger partial charge on any atom is 0.251 e. The zero-order valence-electron chi connectivity index (χ0n) is 19.5. The molecular formula is C22H34N6O5. The molecule has 1 aromatic rings. The van der Waals surface area contributed by atoms with Crippen LogP contribution in [0.4, 0.5) is 0 Å². The fourth-order valence-electron chi connectivity index (χ4n) is 2.44. The molecule has 0 aliphatic rings. The molecule has 0 spiro atoms. The number of amides is 2. The van der Waals surface area contributed by atoms with E-state index in [-0.39, 0.29) is 38.2 Å². The van der Waals surface area contributed by atoms with E-state index in [4.69, 9.17) is 19.7 Å². The summed E-state index contributed by atoms with van der Waals surface area (Å²) in [7, 11) is 1.80. The van der Waals surface area contributed by atoms with Gasteiger partial charge in [-0.1, -0.05) is 37.2 Å². The predicted molar refractivity (Wildman–Crippen MR) is 125 cm³/mol. The van der Waals surface area contributed by atoms with E-state index in [0.717, 1.165) is 0 Å². The molecule has 3 N–H and O–H groups in total. The standard InChI is InChI=1S/C22H34N6O5/c1-17(2)6-5-9-25-20(29)15-31-12-13-32-21(27-28-23)16-33-19-8-4-7-18(14-19)22(30)26-11-10-24-3/h4-8,14,17,21,24H,9-13,15-16H2,1-3H3,(H,25,29)(H,26,30)/b6-5+. The molecule has 11 nitrogen and oxygen atoms in total. The fourth-order valence-corrected chi connectivity index (χ4v) is 2.44. The smallest absolute Gasteiger partial charge is 0.251 e. The van der Waals surface area contributed by atoms with Crippen LogP contribution >= 0.6 is 0 Å². The van der Waals surface area contributed by atoms with E-state index in [1.807, 2.05) is 12.2 Å². The van der Waals surface area contributed by atoms with Crippen molar-refractivity contribution in [2.75, 3.05) is 53.1 Å². The minimum absolute atomic E-state index is 0.0441. The third kappa shape index (κ3) is 13.8. The van der Waals surface area contributed by atoms with E-state index in [0.29, 0.717) is 36.9 Å². The highest BCUT2D eigenvalue weighted by Crippen LogP contribution is 2.14. The molecule has 1 unspecified atom stereocenters. The van der Waals surface area contributed by atoms with Crippen molar-refractivity contribution in [3.05, 3.63) is 52.4 Å². The van der Waals surface area contributed by atoms with Crippen molar-refractivity contribution >= 4 is 11.8 Å². The molecule has 0 radical (unpaired) electrons. The number of nitrogens with one attached hydrogen (secondary N) is 3. The van der Waals surface area contributed by atoms with Crippen LogP contribution in [0.5, 0.6) is 5.75 Å². The van der Waals surface area contributed by atoms with Crippen molar-refractivity contribution in [3.8, 4) is 5.75 Å². The van der Waals surface area contributed by atoms with Gasteiger partial charge in [0.05, 0.1) is 13.2 Å². The lowest BCUT2D eigenvalue weighted by atomic mass is 10.2. The Morgan fingerprint density at radius 3 is 2.76 bits per heavy atom. The minimum atomic E-state index is -0.887. The van der Waals surface area contributed by atoms with Gasteiger partial charge in [-0.05, 0) is 36.7 Å². The summed E-state index contributed by atoms with van der Waals surface area (Å²) in [6.07, 6.45) is 3.01. The number of azide groups is 1. The first-order chi connectivity index (χ1) is 16.0. The van der Waals surface area contributed by atoms with Gasteiger partial charge in [0.15, 0.2) is 6.23 Å². The molecule has 0 bridgehead atoms. The summed E-state index contributed by atoms with van der Waals surface area (Å²) in [5.74, 6) is 0.432. The molecule has 182 valence electrons. The van der Waals surface area contributed by atoms with Crippen LogP contribution in [0.15, 0.2) is 41.5 Å². The zero-order chi connectivity index (χ0) is 24.3. The quantitative estimate of drug-likeness (QED) is 0.106. The number of likely N-dealkylation sites (N-methyl/N-ethyl adjacent to an activating group) is 1. The maximum absolute atomic E-state index is 12.1. The molecule has 0 aliphatic heterocycles. The molecule has 0 aromatic heterocycles.